The molecule has 0 saturated heterocycles. The molecule has 11 N–H and O–H groups in total. The number of hydrogen-bond acceptors (Lipinski definition) is 9. The fourth-order valence-corrected chi connectivity index (χ4v) is 3.91. The number of imidazole rings is 1. The summed E-state index contributed by atoms with van der Waals surface area (Å²) in [6, 6.07) is 0.831. The van der Waals surface area contributed by atoms with Crippen LogP contribution in [-0.2, 0) is 36.8 Å². The minimum atomic E-state index is -1.36. The lowest BCUT2D eigenvalue weighted by Gasteiger charge is -2.25. The Morgan fingerprint density at radius 2 is 1.49 bits per heavy atom. The molecule has 1 aromatic heterocycles. The van der Waals surface area contributed by atoms with Crippen molar-refractivity contribution in [3.63, 3.8) is 0 Å². The molecule has 2 aromatic rings. The van der Waals surface area contributed by atoms with Crippen molar-refractivity contribution in [3.8, 4) is 5.75 Å². The van der Waals surface area contributed by atoms with E-state index in [1.165, 1.54) is 36.8 Å². The molecule has 0 saturated carbocycles. The van der Waals surface area contributed by atoms with Crippen LogP contribution in [0.3, 0.4) is 0 Å². The van der Waals surface area contributed by atoms with Crippen LogP contribution >= 0.6 is 0 Å². The molecule has 0 bridgehead atoms. The van der Waals surface area contributed by atoms with Gasteiger partial charge in [-0.15, -0.1) is 0 Å². The minimum Gasteiger partial charge on any atom is -0.508 e. The first-order valence-corrected chi connectivity index (χ1v) is 13.1. The van der Waals surface area contributed by atoms with Gasteiger partial charge in [0.15, 0.2) is 0 Å². The number of aromatic nitrogens is 2. The smallest absolute Gasteiger partial charge is 0.326 e. The Balaban J connectivity index is 2.22. The Bertz CT molecular complexity index is 1160. The third kappa shape index (κ3) is 11.6. The number of aromatic hydroxyl groups is 1. The summed E-state index contributed by atoms with van der Waals surface area (Å²) in [4.78, 5) is 68.9. The highest BCUT2D eigenvalue weighted by Gasteiger charge is 2.31. The molecular weight excluding hydrogens is 538 g/mol. The first-order chi connectivity index (χ1) is 19.5. The Kier molecular flexibility index (Phi) is 13.2. The van der Waals surface area contributed by atoms with Gasteiger partial charge < -0.3 is 47.7 Å². The number of amides is 3. The summed E-state index contributed by atoms with van der Waals surface area (Å²) in [6.07, 6.45) is 3.23. The molecule has 2 rings (SSSR count). The summed E-state index contributed by atoms with van der Waals surface area (Å²) >= 11 is 0. The zero-order chi connectivity index (χ0) is 30.4. The summed E-state index contributed by atoms with van der Waals surface area (Å²) in [5.41, 5.74) is 12.5. The van der Waals surface area contributed by atoms with Gasteiger partial charge in [0.1, 0.15) is 23.9 Å². The average Bonchev–Trinajstić information content (AvgIpc) is 3.43. The van der Waals surface area contributed by atoms with Crippen LogP contribution in [0.25, 0.3) is 0 Å². The number of hydrogen-bond donors (Lipinski definition) is 9. The van der Waals surface area contributed by atoms with Gasteiger partial charge in [0.25, 0.3) is 0 Å². The van der Waals surface area contributed by atoms with E-state index in [0.717, 1.165) is 0 Å². The van der Waals surface area contributed by atoms with Gasteiger partial charge in [-0.2, -0.15) is 0 Å². The standard InChI is InChI=1S/C26H37N7O8/c27-10-2-1-3-20(26(40)41)32-25(39)21(11-15-4-6-17(34)7-5-15)33-24(38)19(8-9-22(35)36)31-23(37)18(28)12-16-13-29-14-30-16/h4-7,13-14,18-21,34H,1-3,8-12,27-28H2,(H,29,30)(H,31,37)(H,32,39)(H,33,38)(H,35,36)(H,40,41). The van der Waals surface area contributed by atoms with Gasteiger partial charge in [0, 0.05) is 31.2 Å². The molecule has 1 heterocycles. The second kappa shape index (κ2) is 16.6. The Morgan fingerprint density at radius 1 is 0.854 bits per heavy atom. The van der Waals surface area contributed by atoms with Crippen LogP contribution in [0.4, 0.5) is 0 Å². The number of phenolic OH excluding ortho intramolecular Hbond substituents is 1. The number of carboxylic acid groups (broad SMARTS) is 2. The van der Waals surface area contributed by atoms with E-state index in [0.29, 0.717) is 30.6 Å². The van der Waals surface area contributed by atoms with Crippen LogP contribution in [0.2, 0.25) is 0 Å². The SMILES string of the molecule is NCCCCC(NC(=O)C(Cc1ccc(O)cc1)NC(=O)C(CCC(=O)O)NC(=O)C(N)Cc1cnc[nH]1)C(=O)O. The van der Waals surface area contributed by atoms with Gasteiger partial charge in [-0.3, -0.25) is 19.2 Å². The zero-order valence-corrected chi connectivity index (χ0v) is 22.4. The second-order valence-corrected chi connectivity index (χ2v) is 9.50. The second-order valence-electron chi connectivity index (χ2n) is 9.50. The lowest BCUT2D eigenvalue weighted by atomic mass is 10.0. The molecule has 15 heteroatoms. The number of carbonyl (C=O) groups is 5. The van der Waals surface area contributed by atoms with Crippen molar-refractivity contribution < 1.29 is 39.3 Å². The number of phenols is 1. The van der Waals surface area contributed by atoms with E-state index in [-0.39, 0.29) is 31.4 Å². The van der Waals surface area contributed by atoms with Crippen LogP contribution in [-0.4, -0.2) is 85.7 Å². The number of H-pyrrole nitrogens is 1. The lowest BCUT2D eigenvalue weighted by molar-refractivity contribution is -0.142. The first-order valence-electron chi connectivity index (χ1n) is 13.1. The number of nitrogens with one attached hydrogen (secondary N) is 4. The Morgan fingerprint density at radius 3 is 2.07 bits per heavy atom. The van der Waals surface area contributed by atoms with Crippen molar-refractivity contribution in [1.82, 2.24) is 25.9 Å². The summed E-state index contributed by atoms with van der Waals surface area (Å²) in [5.74, 6) is -4.88. The number of nitrogens with zero attached hydrogens (tertiary/aromatic N) is 1. The molecule has 224 valence electrons. The highest BCUT2D eigenvalue weighted by Crippen LogP contribution is 2.13. The molecule has 0 aliphatic carbocycles. The van der Waals surface area contributed by atoms with E-state index >= 15 is 0 Å². The quantitative estimate of drug-likeness (QED) is 0.0949. The number of rotatable bonds is 18. The van der Waals surface area contributed by atoms with Gasteiger partial charge in [-0.25, -0.2) is 9.78 Å². The number of aliphatic carboxylic acids is 2. The van der Waals surface area contributed by atoms with E-state index < -0.39 is 60.2 Å². The van der Waals surface area contributed by atoms with Crippen molar-refractivity contribution in [2.45, 2.75) is 69.1 Å². The normalized spacial score (nSPS) is 13.8. The van der Waals surface area contributed by atoms with Gasteiger partial charge in [-0.05, 0) is 49.9 Å². The van der Waals surface area contributed by atoms with Crippen LogP contribution in [0.1, 0.15) is 43.4 Å². The fourth-order valence-electron chi connectivity index (χ4n) is 3.91. The molecule has 4 atom stereocenters. The number of nitrogens with two attached hydrogens (primary N) is 2. The van der Waals surface area contributed by atoms with Crippen LogP contribution in [0.15, 0.2) is 36.8 Å². The maximum Gasteiger partial charge on any atom is 0.326 e. The third-order valence-corrected chi connectivity index (χ3v) is 6.18. The highest BCUT2D eigenvalue weighted by molar-refractivity contribution is 5.94. The molecule has 0 aliphatic rings. The first kappa shape index (κ1) is 32.7. The molecule has 15 nitrogen and oxygen atoms in total. The number of aromatic amines is 1. The van der Waals surface area contributed by atoms with Crippen LogP contribution < -0.4 is 27.4 Å². The maximum atomic E-state index is 13.3. The van der Waals surface area contributed by atoms with E-state index in [4.69, 9.17) is 16.6 Å². The van der Waals surface area contributed by atoms with Crippen molar-refractivity contribution in [2.75, 3.05) is 6.54 Å². The maximum absolute atomic E-state index is 13.3. The van der Waals surface area contributed by atoms with Gasteiger partial charge in [0.05, 0.1) is 12.4 Å². The number of benzene rings is 1. The molecule has 4 unspecified atom stereocenters. The number of carboxylic acids is 2. The van der Waals surface area contributed by atoms with Crippen molar-refractivity contribution >= 4 is 29.7 Å². The highest BCUT2D eigenvalue weighted by atomic mass is 16.4. The molecule has 0 fully saturated rings. The number of carbonyl (C=O) groups excluding carboxylic acids is 3. The Hall–Kier alpha value is -4.50. The van der Waals surface area contributed by atoms with Crippen LogP contribution in [0.5, 0.6) is 5.75 Å². The van der Waals surface area contributed by atoms with Crippen molar-refractivity contribution in [1.29, 1.82) is 0 Å². The molecular formula is C26H37N7O8. The molecule has 0 aliphatic heterocycles. The molecule has 0 spiro atoms. The lowest BCUT2D eigenvalue weighted by Crippen LogP contribution is -2.57. The predicted octanol–water partition coefficient (Wildman–Crippen LogP) is -1.24. The average molecular weight is 576 g/mol. The monoisotopic (exact) mass is 575 g/mol. The molecule has 41 heavy (non-hydrogen) atoms. The summed E-state index contributed by atoms with van der Waals surface area (Å²) in [7, 11) is 0. The zero-order valence-electron chi connectivity index (χ0n) is 22.4. The van der Waals surface area contributed by atoms with Crippen molar-refractivity contribution in [2.24, 2.45) is 11.5 Å². The van der Waals surface area contributed by atoms with E-state index in [1.807, 2.05) is 0 Å². The van der Waals surface area contributed by atoms with Gasteiger partial charge in [-0.1, -0.05) is 12.1 Å². The fraction of sp³-hybridized carbons (Fsp3) is 0.462. The predicted molar refractivity (Wildman–Crippen MR) is 145 cm³/mol. The van der Waals surface area contributed by atoms with E-state index in [1.54, 1.807) is 0 Å². The Labute approximate surface area is 236 Å². The van der Waals surface area contributed by atoms with Crippen molar-refractivity contribution in [3.05, 3.63) is 48.0 Å². The van der Waals surface area contributed by atoms with Crippen LogP contribution in [0, 0.1) is 0 Å². The largest absolute Gasteiger partial charge is 0.508 e. The number of unbranched alkanes of at least 4 members (excludes halogenated alkanes) is 1. The third-order valence-electron chi connectivity index (χ3n) is 6.18. The summed E-state index contributed by atoms with van der Waals surface area (Å²) < 4.78 is 0. The molecule has 3 amide bonds. The topological polar surface area (TPSA) is 263 Å². The molecule has 1 aromatic carbocycles. The minimum absolute atomic E-state index is 0.0208. The molecule has 0 radical (unpaired) electrons. The van der Waals surface area contributed by atoms with E-state index in [9.17, 15) is 34.2 Å². The summed E-state index contributed by atoms with van der Waals surface area (Å²) in [5, 5.41) is 35.7. The van der Waals surface area contributed by atoms with Gasteiger partial charge in [0.2, 0.25) is 17.7 Å². The summed E-state index contributed by atoms with van der Waals surface area (Å²) in [6.45, 7) is 0.356. The van der Waals surface area contributed by atoms with E-state index in [2.05, 4.69) is 25.9 Å². The van der Waals surface area contributed by atoms with Gasteiger partial charge >= 0.3 is 11.9 Å².